The molecule has 0 bridgehead atoms. The first-order valence-electron chi connectivity index (χ1n) is 30.3. The molecule has 3 fully saturated rings. The lowest BCUT2D eigenvalue weighted by Gasteiger charge is -2.46. The van der Waals surface area contributed by atoms with E-state index in [0.717, 1.165) is 128 Å². The van der Waals surface area contributed by atoms with Crippen molar-refractivity contribution in [1.29, 1.82) is 0 Å². The van der Waals surface area contributed by atoms with Gasteiger partial charge >= 0.3 is 23.9 Å². The number of aliphatic carboxylic acids is 2. The van der Waals surface area contributed by atoms with E-state index in [2.05, 4.69) is 27.7 Å². The SMILES string of the molecule is CCCCCCCC(CC(=O)O)OC(=O)CC(CCCCCCC)OC1O[C@@H](C)[C@H](O)[C@@H](O)[C@H]1O.CCCCCCCC(CC(=O)O)OC(=O)CC(CCCCCCC)O[C@@H]1O[C@@H](C)[C@H](O)[C@@H](O)[C@H]1O[C@@H]1O[C@@H](C)[C@H](O)[C@@H](O)[C@H]1O. The molecule has 0 amide bonds. The lowest BCUT2D eigenvalue weighted by molar-refractivity contribution is -0.366. The van der Waals surface area contributed by atoms with Crippen LogP contribution in [0.2, 0.25) is 0 Å². The molecule has 80 heavy (non-hydrogen) atoms. The van der Waals surface area contributed by atoms with Crippen LogP contribution in [0.4, 0.5) is 0 Å². The Morgan fingerprint density at radius 1 is 0.362 bits per heavy atom. The smallest absolute Gasteiger partial charge is 0.308 e. The zero-order valence-electron chi connectivity index (χ0n) is 49.1. The molecule has 3 heterocycles. The first kappa shape index (κ1) is 73.4. The van der Waals surface area contributed by atoms with Crippen LogP contribution in [0.15, 0.2) is 0 Å². The molecule has 0 aliphatic carbocycles. The van der Waals surface area contributed by atoms with Crippen LogP contribution in [-0.4, -0.2) is 191 Å². The molecule has 0 radical (unpaired) electrons. The van der Waals surface area contributed by atoms with Crippen LogP contribution in [0.25, 0.3) is 0 Å². The molecule has 22 nitrogen and oxygen atoms in total. The van der Waals surface area contributed by atoms with Crippen LogP contribution in [0.3, 0.4) is 0 Å². The Balaban J connectivity index is 0.000000565. The maximum Gasteiger partial charge on any atom is 0.308 e. The van der Waals surface area contributed by atoms with E-state index in [4.69, 9.17) is 37.9 Å². The van der Waals surface area contributed by atoms with Crippen molar-refractivity contribution in [3.63, 3.8) is 0 Å². The summed E-state index contributed by atoms with van der Waals surface area (Å²) in [6.45, 7) is 13.1. The number of ether oxygens (including phenoxy) is 8. The summed E-state index contributed by atoms with van der Waals surface area (Å²) < 4.78 is 46.1. The Labute approximate surface area is 475 Å². The van der Waals surface area contributed by atoms with Gasteiger partial charge in [-0.25, -0.2) is 0 Å². The first-order chi connectivity index (χ1) is 38.1. The van der Waals surface area contributed by atoms with Crippen LogP contribution >= 0.6 is 0 Å². The predicted molar refractivity (Wildman–Crippen MR) is 293 cm³/mol. The number of carboxylic acids is 2. The van der Waals surface area contributed by atoms with Gasteiger partial charge in [-0.1, -0.05) is 143 Å². The summed E-state index contributed by atoms with van der Waals surface area (Å²) in [7, 11) is 0. The summed E-state index contributed by atoms with van der Waals surface area (Å²) in [5, 5.41) is 101. The largest absolute Gasteiger partial charge is 0.481 e. The zero-order chi connectivity index (χ0) is 59.7. The average Bonchev–Trinajstić information content (AvgIpc) is 3.40. The maximum atomic E-state index is 13.1. The lowest BCUT2D eigenvalue weighted by atomic mass is 9.97. The van der Waals surface area contributed by atoms with Crippen molar-refractivity contribution in [2.75, 3.05) is 0 Å². The topological polar surface area (TPSA) is 344 Å². The number of aliphatic hydroxyl groups is 8. The zero-order valence-corrected chi connectivity index (χ0v) is 49.1. The Morgan fingerprint density at radius 2 is 0.662 bits per heavy atom. The highest BCUT2D eigenvalue weighted by atomic mass is 16.8. The van der Waals surface area contributed by atoms with E-state index >= 15 is 0 Å². The maximum absolute atomic E-state index is 13.1. The minimum atomic E-state index is -1.67. The van der Waals surface area contributed by atoms with Crippen LogP contribution in [-0.2, 0) is 57.1 Å². The molecule has 5 unspecified atom stereocenters. The quantitative estimate of drug-likeness (QED) is 0.0239. The molecule has 22 heteroatoms. The van der Waals surface area contributed by atoms with Gasteiger partial charge in [-0.3, -0.25) is 19.2 Å². The number of esters is 2. The minimum Gasteiger partial charge on any atom is -0.481 e. The summed E-state index contributed by atoms with van der Waals surface area (Å²) >= 11 is 0. The molecule has 0 saturated carbocycles. The molecule has 0 aromatic rings. The third kappa shape index (κ3) is 28.3. The van der Waals surface area contributed by atoms with Crippen LogP contribution in [0, 0.1) is 0 Å². The van der Waals surface area contributed by atoms with Gasteiger partial charge in [-0.05, 0) is 59.3 Å². The highest BCUT2D eigenvalue weighted by Gasteiger charge is 2.50. The Hall–Kier alpha value is -2.68. The summed E-state index contributed by atoms with van der Waals surface area (Å²) in [6.07, 6.45) is -1.64. The molecule has 3 aliphatic heterocycles. The van der Waals surface area contributed by atoms with Gasteiger partial charge < -0.3 is 89.0 Å². The van der Waals surface area contributed by atoms with Crippen LogP contribution in [0.5, 0.6) is 0 Å². The standard InChI is InChI=1S/C32H58O13.C26H48O9/c1-5-7-9-11-13-15-21(17-23(33)34)43-24(35)18-22(16-14-12-10-8-6-2)44-32-30(28(39)26(37)20(4)42-32)45-31-29(40)27(38)25(36)19(3)41-31;1-4-6-8-10-12-14-19(16-21(27)28)34-22(29)17-20(15-13-11-9-7-5-2)35-26-25(32)24(31)23(30)18(3)33-26/h19-22,25-32,36-40H,5-18H2,1-4H3,(H,33,34);18-20,23-26,30-32H,4-17H2,1-3H3,(H,27,28)/t19-,20-,21?,22?,25-,26-,27+,28+,29+,30+,31-,32-;18-,19?,20?,23-,24+,25+,26?/m00/s1. The highest BCUT2D eigenvalue weighted by molar-refractivity contribution is 5.72. The second-order valence-electron chi connectivity index (χ2n) is 22.3. The van der Waals surface area contributed by atoms with Gasteiger partial charge in [-0.15, -0.1) is 0 Å². The minimum absolute atomic E-state index is 0.112. The molecule has 3 aliphatic rings. The van der Waals surface area contributed by atoms with Gasteiger partial charge in [0.2, 0.25) is 0 Å². The van der Waals surface area contributed by atoms with Gasteiger partial charge in [0.15, 0.2) is 18.9 Å². The fraction of sp³-hybridized carbons (Fsp3) is 0.931. The van der Waals surface area contributed by atoms with Gasteiger partial charge in [0, 0.05) is 0 Å². The fourth-order valence-electron chi connectivity index (χ4n) is 10.0. The van der Waals surface area contributed by atoms with Crippen LogP contribution < -0.4 is 0 Å². The molecular formula is C58H106O22. The monoisotopic (exact) mass is 1150 g/mol. The Kier molecular flexibility index (Phi) is 38.0. The van der Waals surface area contributed by atoms with E-state index in [9.17, 15) is 70.2 Å². The normalized spacial score (nSPS) is 30.3. The molecule has 19 atom stereocenters. The van der Waals surface area contributed by atoms with E-state index in [-0.39, 0.29) is 25.7 Å². The van der Waals surface area contributed by atoms with Crippen molar-refractivity contribution >= 4 is 23.9 Å². The lowest BCUT2D eigenvalue weighted by Crippen LogP contribution is -2.63. The summed E-state index contributed by atoms with van der Waals surface area (Å²) in [6, 6.07) is 0. The molecule has 0 aromatic heterocycles. The summed E-state index contributed by atoms with van der Waals surface area (Å²) in [5.41, 5.74) is 0. The molecular weight excluding hydrogens is 1050 g/mol. The number of carbonyl (C=O) groups is 4. The van der Waals surface area contributed by atoms with E-state index < -0.39 is 140 Å². The fourth-order valence-corrected chi connectivity index (χ4v) is 10.0. The second kappa shape index (κ2) is 41.4. The van der Waals surface area contributed by atoms with Crippen molar-refractivity contribution in [3.8, 4) is 0 Å². The Morgan fingerprint density at radius 3 is 1.02 bits per heavy atom. The number of carboxylic acid groups (broad SMARTS) is 2. The number of carbonyl (C=O) groups excluding carboxylic acids is 2. The van der Waals surface area contributed by atoms with Crippen molar-refractivity contribution in [3.05, 3.63) is 0 Å². The second-order valence-corrected chi connectivity index (χ2v) is 22.3. The van der Waals surface area contributed by atoms with Crippen molar-refractivity contribution in [2.45, 2.75) is 345 Å². The number of aliphatic hydroxyl groups excluding tert-OH is 8. The van der Waals surface area contributed by atoms with Gasteiger partial charge in [0.25, 0.3) is 0 Å². The van der Waals surface area contributed by atoms with E-state index in [1.807, 2.05) is 0 Å². The molecule has 470 valence electrons. The van der Waals surface area contributed by atoms with Gasteiger partial charge in [0.1, 0.15) is 67.1 Å². The average molecular weight is 1160 g/mol. The van der Waals surface area contributed by atoms with Gasteiger partial charge in [-0.2, -0.15) is 0 Å². The summed E-state index contributed by atoms with van der Waals surface area (Å²) in [4.78, 5) is 48.6. The number of hydrogen-bond donors (Lipinski definition) is 10. The third-order valence-corrected chi connectivity index (χ3v) is 15.1. The van der Waals surface area contributed by atoms with E-state index in [0.29, 0.717) is 25.7 Å². The number of unbranched alkanes of at least 4 members (excludes halogenated alkanes) is 16. The third-order valence-electron chi connectivity index (χ3n) is 15.1. The van der Waals surface area contributed by atoms with Crippen LogP contribution in [0.1, 0.15) is 228 Å². The first-order valence-corrected chi connectivity index (χ1v) is 30.3. The Bertz CT molecular complexity index is 1660. The molecule has 0 spiro atoms. The van der Waals surface area contributed by atoms with Crippen molar-refractivity contribution in [1.82, 2.24) is 0 Å². The predicted octanol–water partition coefficient (Wildman–Crippen LogP) is 6.25. The van der Waals surface area contributed by atoms with E-state index in [1.54, 1.807) is 13.8 Å². The molecule has 10 N–H and O–H groups in total. The molecule has 0 aromatic carbocycles. The van der Waals surface area contributed by atoms with Crippen molar-refractivity contribution < 1.29 is 108 Å². The van der Waals surface area contributed by atoms with E-state index in [1.165, 1.54) is 6.92 Å². The van der Waals surface area contributed by atoms with Crippen molar-refractivity contribution in [2.24, 2.45) is 0 Å². The van der Waals surface area contributed by atoms with Gasteiger partial charge in [0.05, 0.1) is 56.2 Å². The highest BCUT2D eigenvalue weighted by Crippen LogP contribution is 2.32. The number of rotatable bonds is 40. The number of hydrogen-bond acceptors (Lipinski definition) is 20. The summed E-state index contributed by atoms with van der Waals surface area (Å²) in [5.74, 6) is -3.24. The molecule has 3 rings (SSSR count). The molecule has 3 saturated heterocycles.